The number of fused-ring (bicyclic) bond motifs is 1. The Morgan fingerprint density at radius 3 is 2.56 bits per heavy atom. The number of nitrogens with zero attached hydrogens (tertiary/aromatic N) is 4. The van der Waals surface area contributed by atoms with E-state index in [4.69, 9.17) is 9.47 Å². The van der Waals surface area contributed by atoms with Crippen LogP contribution in [0.1, 0.15) is 17.3 Å². The lowest BCUT2D eigenvalue weighted by Gasteiger charge is -2.14. The summed E-state index contributed by atoms with van der Waals surface area (Å²) in [5.74, 6) is 1.88. The van der Waals surface area contributed by atoms with Crippen LogP contribution in [0, 0.1) is 0 Å². The van der Waals surface area contributed by atoms with Gasteiger partial charge in [-0.3, -0.25) is 9.36 Å². The molecule has 0 unspecified atom stereocenters. The van der Waals surface area contributed by atoms with Gasteiger partial charge >= 0.3 is 0 Å². The average molecular weight is 451 g/mol. The van der Waals surface area contributed by atoms with E-state index in [2.05, 4.69) is 20.5 Å². The zero-order valence-electron chi connectivity index (χ0n) is 18.4. The van der Waals surface area contributed by atoms with E-state index in [1.165, 1.54) is 0 Å². The third kappa shape index (κ3) is 4.42. The minimum absolute atomic E-state index is 0.241. The fraction of sp³-hybridized carbons (Fsp3) is 0.0769. The molecule has 34 heavy (non-hydrogen) atoms. The minimum Gasteiger partial charge on any atom is -0.493 e. The first-order valence-corrected chi connectivity index (χ1v) is 10.8. The number of anilines is 1. The SMILES string of the molecule is CCOc1ccc2ccccc2c1C(=O)Nc1ccc(Oc2ccc(-n3ccnc3)nn2)cc1. The minimum atomic E-state index is -0.241. The topological polar surface area (TPSA) is 91.2 Å². The molecule has 0 aliphatic carbocycles. The van der Waals surface area contributed by atoms with E-state index in [0.717, 1.165) is 10.8 Å². The number of hydrogen-bond donors (Lipinski definition) is 1. The fourth-order valence-corrected chi connectivity index (χ4v) is 3.58. The van der Waals surface area contributed by atoms with Crippen LogP contribution >= 0.6 is 0 Å². The van der Waals surface area contributed by atoms with Gasteiger partial charge in [-0.05, 0) is 54.1 Å². The molecule has 1 N–H and O–H groups in total. The van der Waals surface area contributed by atoms with Crippen LogP contribution < -0.4 is 14.8 Å². The molecule has 8 nitrogen and oxygen atoms in total. The van der Waals surface area contributed by atoms with Crippen molar-refractivity contribution in [1.29, 1.82) is 0 Å². The lowest BCUT2D eigenvalue weighted by Crippen LogP contribution is -2.14. The quantitative estimate of drug-likeness (QED) is 0.363. The number of nitrogens with one attached hydrogen (secondary N) is 1. The average Bonchev–Trinajstić information content (AvgIpc) is 3.41. The summed E-state index contributed by atoms with van der Waals surface area (Å²) in [5.41, 5.74) is 1.14. The Hall–Kier alpha value is -4.72. The van der Waals surface area contributed by atoms with Crippen LogP contribution in [0.4, 0.5) is 5.69 Å². The number of carbonyl (C=O) groups excluding carboxylic acids is 1. The standard InChI is InChI=1S/C26H21N5O3/c1-2-33-22-12-7-18-5-3-4-6-21(18)25(22)26(32)28-19-8-10-20(11-9-19)34-24-14-13-23(29-30-24)31-16-15-27-17-31/h3-17H,2H2,1H3,(H,28,32). The normalized spacial score (nSPS) is 10.7. The molecule has 2 aromatic heterocycles. The highest BCUT2D eigenvalue weighted by Crippen LogP contribution is 2.29. The van der Waals surface area contributed by atoms with E-state index in [-0.39, 0.29) is 5.91 Å². The first kappa shape index (κ1) is 21.1. The van der Waals surface area contributed by atoms with Crippen molar-refractivity contribution in [1.82, 2.24) is 19.7 Å². The number of ether oxygens (including phenoxy) is 2. The first-order chi connectivity index (χ1) is 16.7. The van der Waals surface area contributed by atoms with Crippen LogP contribution in [0.3, 0.4) is 0 Å². The van der Waals surface area contributed by atoms with Gasteiger partial charge in [0.15, 0.2) is 5.82 Å². The second kappa shape index (κ2) is 9.41. The van der Waals surface area contributed by atoms with Gasteiger partial charge in [-0.15, -0.1) is 10.2 Å². The van der Waals surface area contributed by atoms with Crippen molar-refractivity contribution >= 4 is 22.4 Å². The second-order valence-corrected chi connectivity index (χ2v) is 7.37. The molecular formula is C26H21N5O3. The highest BCUT2D eigenvalue weighted by Gasteiger charge is 2.17. The van der Waals surface area contributed by atoms with E-state index in [1.54, 1.807) is 59.7 Å². The van der Waals surface area contributed by atoms with Gasteiger partial charge in [0.25, 0.3) is 5.91 Å². The van der Waals surface area contributed by atoms with Crippen molar-refractivity contribution < 1.29 is 14.3 Å². The number of aromatic nitrogens is 4. The summed E-state index contributed by atoms with van der Waals surface area (Å²) in [6.07, 6.45) is 5.10. The molecule has 0 aliphatic heterocycles. The van der Waals surface area contributed by atoms with Crippen LogP contribution in [-0.4, -0.2) is 32.3 Å². The lowest BCUT2D eigenvalue weighted by atomic mass is 10.0. The van der Waals surface area contributed by atoms with Crippen LogP contribution in [0.25, 0.3) is 16.6 Å². The monoisotopic (exact) mass is 451 g/mol. The molecule has 0 radical (unpaired) electrons. The second-order valence-electron chi connectivity index (χ2n) is 7.37. The third-order valence-corrected chi connectivity index (χ3v) is 5.15. The number of rotatable bonds is 7. The third-order valence-electron chi connectivity index (χ3n) is 5.15. The van der Waals surface area contributed by atoms with Crippen LogP contribution in [-0.2, 0) is 0 Å². The van der Waals surface area contributed by atoms with E-state index >= 15 is 0 Å². The maximum Gasteiger partial charge on any atom is 0.260 e. The highest BCUT2D eigenvalue weighted by molar-refractivity contribution is 6.15. The van der Waals surface area contributed by atoms with Crippen LogP contribution in [0.15, 0.2) is 91.5 Å². The van der Waals surface area contributed by atoms with Gasteiger partial charge in [0, 0.05) is 24.1 Å². The zero-order chi connectivity index (χ0) is 23.3. The Morgan fingerprint density at radius 2 is 1.82 bits per heavy atom. The summed E-state index contributed by atoms with van der Waals surface area (Å²) < 4.78 is 13.2. The summed E-state index contributed by atoms with van der Waals surface area (Å²) in [5, 5.41) is 13.0. The fourth-order valence-electron chi connectivity index (χ4n) is 3.58. The molecule has 0 atom stereocenters. The first-order valence-electron chi connectivity index (χ1n) is 10.8. The summed E-state index contributed by atoms with van der Waals surface area (Å²) >= 11 is 0. The molecule has 0 saturated heterocycles. The zero-order valence-corrected chi connectivity index (χ0v) is 18.4. The van der Waals surface area contributed by atoms with E-state index in [0.29, 0.717) is 41.1 Å². The molecule has 0 fully saturated rings. The number of imidazole rings is 1. The lowest BCUT2D eigenvalue weighted by molar-refractivity contribution is 0.102. The molecule has 8 heteroatoms. The van der Waals surface area contributed by atoms with Gasteiger partial charge in [0.05, 0.1) is 12.2 Å². The molecule has 0 saturated carbocycles. The molecule has 0 aliphatic rings. The Kier molecular flexibility index (Phi) is 5.85. The number of benzene rings is 3. The van der Waals surface area contributed by atoms with E-state index < -0.39 is 0 Å². The Balaban J connectivity index is 1.31. The number of amides is 1. The molecule has 2 heterocycles. The smallest absolute Gasteiger partial charge is 0.260 e. The molecule has 1 amide bonds. The van der Waals surface area contributed by atoms with Crippen molar-refractivity contribution in [2.24, 2.45) is 0 Å². The van der Waals surface area contributed by atoms with Gasteiger partial charge in [0.1, 0.15) is 17.8 Å². The number of carbonyl (C=O) groups is 1. The van der Waals surface area contributed by atoms with Crippen molar-refractivity contribution in [3.8, 4) is 23.2 Å². The summed E-state index contributed by atoms with van der Waals surface area (Å²) in [7, 11) is 0. The number of hydrogen-bond acceptors (Lipinski definition) is 6. The van der Waals surface area contributed by atoms with Gasteiger partial charge in [-0.25, -0.2) is 4.98 Å². The van der Waals surface area contributed by atoms with E-state index in [9.17, 15) is 4.79 Å². The van der Waals surface area contributed by atoms with E-state index in [1.807, 2.05) is 43.3 Å². The molecular weight excluding hydrogens is 430 g/mol. The predicted molar refractivity (Wildman–Crippen MR) is 129 cm³/mol. The van der Waals surface area contributed by atoms with Crippen molar-refractivity contribution in [3.05, 3.63) is 97.1 Å². The Labute approximate surface area is 195 Å². The summed E-state index contributed by atoms with van der Waals surface area (Å²) in [4.78, 5) is 17.2. The Bertz CT molecular complexity index is 1420. The molecule has 0 spiro atoms. The summed E-state index contributed by atoms with van der Waals surface area (Å²) in [6.45, 7) is 2.36. The van der Waals surface area contributed by atoms with Crippen molar-refractivity contribution in [2.75, 3.05) is 11.9 Å². The van der Waals surface area contributed by atoms with Gasteiger partial charge in [-0.1, -0.05) is 30.3 Å². The largest absolute Gasteiger partial charge is 0.493 e. The molecule has 168 valence electrons. The van der Waals surface area contributed by atoms with Crippen molar-refractivity contribution in [2.45, 2.75) is 6.92 Å². The summed E-state index contributed by atoms with van der Waals surface area (Å²) in [6, 6.07) is 22.1. The predicted octanol–water partition coefficient (Wildman–Crippen LogP) is 5.26. The van der Waals surface area contributed by atoms with Crippen LogP contribution in [0.2, 0.25) is 0 Å². The molecule has 5 rings (SSSR count). The molecule has 3 aromatic carbocycles. The maximum absolute atomic E-state index is 13.2. The van der Waals surface area contributed by atoms with Gasteiger partial charge in [0.2, 0.25) is 5.88 Å². The molecule has 5 aromatic rings. The van der Waals surface area contributed by atoms with Gasteiger partial charge in [-0.2, -0.15) is 0 Å². The molecule has 0 bridgehead atoms. The van der Waals surface area contributed by atoms with Crippen molar-refractivity contribution in [3.63, 3.8) is 0 Å². The highest BCUT2D eigenvalue weighted by atomic mass is 16.5. The van der Waals surface area contributed by atoms with Crippen LogP contribution in [0.5, 0.6) is 17.4 Å². The van der Waals surface area contributed by atoms with Gasteiger partial charge < -0.3 is 14.8 Å². The maximum atomic E-state index is 13.2. The Morgan fingerprint density at radius 1 is 0.971 bits per heavy atom.